The van der Waals surface area contributed by atoms with Crippen molar-refractivity contribution in [3.63, 3.8) is 0 Å². The summed E-state index contributed by atoms with van der Waals surface area (Å²) in [7, 11) is 0. The van der Waals surface area contributed by atoms with Crippen LogP contribution in [0, 0.1) is 0 Å². The normalized spacial score (nSPS) is 10.5. The van der Waals surface area contributed by atoms with E-state index >= 15 is 0 Å². The summed E-state index contributed by atoms with van der Waals surface area (Å²) in [5, 5.41) is 10.00. The number of aromatic nitrogens is 1. The molecule has 0 atom stereocenters. The second kappa shape index (κ2) is 9.99. The van der Waals surface area contributed by atoms with Gasteiger partial charge in [0.05, 0.1) is 18.5 Å². The number of thiazole rings is 1. The van der Waals surface area contributed by atoms with E-state index < -0.39 is 0 Å². The molecule has 27 heavy (non-hydrogen) atoms. The zero-order chi connectivity index (χ0) is 18.9. The van der Waals surface area contributed by atoms with Crippen LogP contribution in [-0.2, 0) is 28.9 Å². The lowest BCUT2D eigenvalue weighted by molar-refractivity contribution is -0.120. The molecule has 3 aromatic rings. The lowest BCUT2D eigenvalue weighted by atomic mass is 10.1. The van der Waals surface area contributed by atoms with Crippen LogP contribution in [0.5, 0.6) is 0 Å². The van der Waals surface area contributed by atoms with Crippen LogP contribution in [0.1, 0.15) is 22.6 Å². The molecule has 2 amide bonds. The van der Waals surface area contributed by atoms with Gasteiger partial charge >= 0.3 is 0 Å². The molecule has 7 heteroatoms. The van der Waals surface area contributed by atoms with E-state index in [1.54, 1.807) is 11.3 Å². The van der Waals surface area contributed by atoms with Gasteiger partial charge in [0.1, 0.15) is 0 Å². The zero-order valence-electron chi connectivity index (χ0n) is 14.8. The van der Waals surface area contributed by atoms with Gasteiger partial charge in [0.25, 0.3) is 0 Å². The number of carbonyl (C=O) groups is 2. The van der Waals surface area contributed by atoms with E-state index in [0.29, 0.717) is 23.8 Å². The minimum atomic E-state index is -0.0938. The number of benzene rings is 1. The fourth-order valence-corrected chi connectivity index (χ4v) is 4.00. The van der Waals surface area contributed by atoms with Crippen molar-refractivity contribution in [3.05, 3.63) is 69.4 Å². The highest BCUT2D eigenvalue weighted by molar-refractivity contribution is 7.14. The monoisotopic (exact) mass is 399 g/mol. The second-order valence-electron chi connectivity index (χ2n) is 6.06. The average molecular weight is 400 g/mol. The van der Waals surface area contributed by atoms with Crippen molar-refractivity contribution in [2.45, 2.75) is 25.7 Å². The number of nitrogens with one attached hydrogen (secondary N) is 2. The highest BCUT2D eigenvalue weighted by atomic mass is 32.1. The van der Waals surface area contributed by atoms with Gasteiger partial charge in [0, 0.05) is 16.8 Å². The van der Waals surface area contributed by atoms with Crippen molar-refractivity contribution in [1.82, 2.24) is 10.3 Å². The van der Waals surface area contributed by atoms with Gasteiger partial charge < -0.3 is 10.6 Å². The molecular weight excluding hydrogens is 378 g/mol. The molecule has 1 aromatic carbocycles. The van der Waals surface area contributed by atoms with E-state index in [0.717, 1.165) is 17.7 Å². The molecule has 0 radical (unpaired) electrons. The Labute approximate surface area is 166 Å². The van der Waals surface area contributed by atoms with Crippen LogP contribution >= 0.6 is 22.7 Å². The Morgan fingerprint density at radius 2 is 1.81 bits per heavy atom. The third-order valence-electron chi connectivity index (χ3n) is 3.86. The molecule has 0 aliphatic carbocycles. The highest BCUT2D eigenvalue weighted by Crippen LogP contribution is 2.17. The summed E-state index contributed by atoms with van der Waals surface area (Å²) >= 11 is 2.89. The Morgan fingerprint density at radius 1 is 0.963 bits per heavy atom. The fourth-order valence-electron chi connectivity index (χ4n) is 2.57. The number of amides is 2. The molecule has 0 aliphatic heterocycles. The van der Waals surface area contributed by atoms with Crippen molar-refractivity contribution < 1.29 is 9.59 Å². The zero-order valence-corrected chi connectivity index (χ0v) is 16.4. The maximum atomic E-state index is 12.0. The number of rotatable bonds is 9. The lowest BCUT2D eigenvalue weighted by Crippen LogP contribution is -2.26. The Hall–Kier alpha value is -2.51. The predicted molar refractivity (Wildman–Crippen MR) is 110 cm³/mol. The van der Waals surface area contributed by atoms with Gasteiger partial charge in [-0.1, -0.05) is 36.4 Å². The highest BCUT2D eigenvalue weighted by Gasteiger charge is 2.10. The maximum Gasteiger partial charge on any atom is 0.231 e. The van der Waals surface area contributed by atoms with Crippen LogP contribution in [0.2, 0.25) is 0 Å². The van der Waals surface area contributed by atoms with Crippen LogP contribution in [0.25, 0.3) is 0 Å². The molecule has 0 saturated heterocycles. The molecule has 2 heterocycles. The second-order valence-corrected chi connectivity index (χ2v) is 7.95. The van der Waals surface area contributed by atoms with Crippen molar-refractivity contribution in [2.24, 2.45) is 0 Å². The quantitative estimate of drug-likeness (QED) is 0.539. The minimum absolute atomic E-state index is 0.0511. The first kappa shape index (κ1) is 19.3. The standard InChI is InChI=1S/C20H21N3O2S2/c24-18(21-10-4-8-15-6-2-1-3-7-15)12-16-14-27-20(22-16)23-19(25)13-17-9-5-11-26-17/h1-3,5-7,9,11,14H,4,8,10,12-13H2,(H,21,24)(H,22,23,25). The summed E-state index contributed by atoms with van der Waals surface area (Å²) in [6.07, 6.45) is 2.41. The molecule has 0 fully saturated rings. The molecule has 140 valence electrons. The van der Waals surface area contributed by atoms with E-state index in [1.165, 1.54) is 16.9 Å². The number of thiophene rings is 1. The van der Waals surface area contributed by atoms with E-state index in [-0.39, 0.29) is 18.2 Å². The summed E-state index contributed by atoms with van der Waals surface area (Å²) in [4.78, 5) is 29.4. The summed E-state index contributed by atoms with van der Waals surface area (Å²) in [6.45, 7) is 0.641. The smallest absolute Gasteiger partial charge is 0.231 e. The first-order chi connectivity index (χ1) is 13.2. The van der Waals surface area contributed by atoms with Gasteiger partial charge in [-0.2, -0.15) is 0 Å². The van der Waals surface area contributed by atoms with Crippen molar-refractivity contribution in [1.29, 1.82) is 0 Å². The van der Waals surface area contributed by atoms with Crippen molar-refractivity contribution >= 4 is 39.6 Å². The summed E-state index contributed by atoms with van der Waals surface area (Å²) in [6, 6.07) is 14.1. The number of hydrogen-bond acceptors (Lipinski definition) is 5. The van der Waals surface area contributed by atoms with E-state index in [9.17, 15) is 9.59 Å². The van der Waals surface area contributed by atoms with Gasteiger partial charge in [0.2, 0.25) is 11.8 Å². The predicted octanol–water partition coefficient (Wildman–Crippen LogP) is 3.68. The molecule has 2 aromatic heterocycles. The molecule has 0 aliphatic rings. The van der Waals surface area contributed by atoms with Crippen LogP contribution in [0.15, 0.2) is 53.2 Å². The molecule has 0 unspecified atom stereocenters. The molecule has 5 nitrogen and oxygen atoms in total. The molecule has 0 saturated carbocycles. The summed E-state index contributed by atoms with van der Waals surface area (Å²) in [5.74, 6) is -0.145. The number of nitrogens with zero attached hydrogens (tertiary/aromatic N) is 1. The summed E-state index contributed by atoms with van der Waals surface area (Å²) in [5.41, 5.74) is 1.95. The third kappa shape index (κ3) is 6.62. The topological polar surface area (TPSA) is 71.1 Å². The van der Waals surface area contributed by atoms with E-state index in [2.05, 4.69) is 27.8 Å². The van der Waals surface area contributed by atoms with Gasteiger partial charge in [-0.15, -0.1) is 22.7 Å². The SMILES string of the molecule is O=C(Cc1csc(NC(=O)Cc2cccs2)n1)NCCCc1ccccc1. The molecule has 0 bridgehead atoms. The lowest BCUT2D eigenvalue weighted by Gasteiger charge is -2.04. The Kier molecular flexibility index (Phi) is 7.12. The minimum Gasteiger partial charge on any atom is -0.356 e. The van der Waals surface area contributed by atoms with Crippen molar-refractivity contribution in [2.75, 3.05) is 11.9 Å². The van der Waals surface area contributed by atoms with E-state index in [4.69, 9.17) is 0 Å². The van der Waals surface area contributed by atoms with Gasteiger partial charge in [-0.05, 0) is 29.9 Å². The number of anilines is 1. The molecule has 3 rings (SSSR count). The molecular formula is C20H21N3O2S2. The number of hydrogen-bond donors (Lipinski definition) is 2. The number of carbonyl (C=O) groups excluding carboxylic acids is 2. The third-order valence-corrected chi connectivity index (χ3v) is 5.54. The van der Waals surface area contributed by atoms with Gasteiger partial charge in [0.15, 0.2) is 5.13 Å². The van der Waals surface area contributed by atoms with E-state index in [1.807, 2.05) is 41.1 Å². The molecule has 2 N–H and O–H groups in total. The van der Waals surface area contributed by atoms with Crippen molar-refractivity contribution in [3.8, 4) is 0 Å². The average Bonchev–Trinajstić information content (AvgIpc) is 3.32. The number of aryl methyl sites for hydroxylation is 1. The summed E-state index contributed by atoms with van der Waals surface area (Å²) < 4.78 is 0. The largest absolute Gasteiger partial charge is 0.356 e. The van der Waals surface area contributed by atoms with Gasteiger partial charge in [-0.3, -0.25) is 9.59 Å². The Balaban J connectivity index is 1.36. The Morgan fingerprint density at radius 3 is 2.59 bits per heavy atom. The van der Waals surface area contributed by atoms with Crippen LogP contribution in [-0.4, -0.2) is 23.3 Å². The van der Waals surface area contributed by atoms with Crippen LogP contribution in [0.4, 0.5) is 5.13 Å². The van der Waals surface area contributed by atoms with Crippen LogP contribution < -0.4 is 10.6 Å². The van der Waals surface area contributed by atoms with Gasteiger partial charge in [-0.25, -0.2) is 4.98 Å². The fraction of sp³-hybridized carbons (Fsp3) is 0.250. The maximum absolute atomic E-state index is 12.0. The van der Waals surface area contributed by atoms with Crippen LogP contribution in [0.3, 0.4) is 0 Å². The first-order valence-corrected chi connectivity index (χ1v) is 10.5. The first-order valence-electron chi connectivity index (χ1n) is 8.76. The molecule has 0 spiro atoms. The Bertz CT molecular complexity index is 861.